The van der Waals surface area contributed by atoms with Crippen molar-refractivity contribution in [1.82, 2.24) is 0 Å². The molecule has 0 atom stereocenters. The van der Waals surface area contributed by atoms with Crippen LogP contribution in [0.5, 0.6) is 0 Å². The van der Waals surface area contributed by atoms with Crippen molar-refractivity contribution in [3.8, 4) is 0 Å². The molecule has 1 aromatic rings. The van der Waals surface area contributed by atoms with Crippen LogP contribution in [-0.2, 0) is 0 Å². The molecule has 1 aromatic carbocycles. The maximum Gasteiger partial charge on any atom is 0.336 e. The Hall–Kier alpha value is -1.45. The van der Waals surface area contributed by atoms with Crippen LogP contribution in [0.15, 0.2) is 12.1 Å². The fourth-order valence-electron chi connectivity index (χ4n) is 0.868. The van der Waals surface area contributed by atoms with Gasteiger partial charge >= 0.3 is 5.97 Å². The van der Waals surface area contributed by atoms with Crippen LogP contribution in [0.25, 0.3) is 0 Å². The van der Waals surface area contributed by atoms with Crippen LogP contribution in [0, 0.1) is 18.6 Å². The molecule has 0 saturated heterocycles. The third-order valence-electron chi connectivity index (χ3n) is 1.54. The van der Waals surface area contributed by atoms with Crippen molar-refractivity contribution in [2.24, 2.45) is 0 Å². The Labute approximate surface area is 67.4 Å². The fraction of sp³-hybridized carbons (Fsp3) is 0.125. The highest BCUT2D eigenvalue weighted by molar-refractivity contribution is 5.89. The minimum Gasteiger partial charge on any atom is -0.478 e. The largest absolute Gasteiger partial charge is 0.478 e. The van der Waals surface area contributed by atoms with E-state index in [0.717, 1.165) is 6.07 Å². The first-order valence-electron chi connectivity index (χ1n) is 3.21. The van der Waals surface area contributed by atoms with Crippen LogP contribution in [0.1, 0.15) is 15.9 Å². The van der Waals surface area contributed by atoms with Crippen molar-refractivity contribution in [3.05, 3.63) is 34.9 Å². The van der Waals surface area contributed by atoms with Gasteiger partial charge in [0.2, 0.25) is 0 Å². The van der Waals surface area contributed by atoms with Crippen LogP contribution in [0.4, 0.5) is 8.78 Å². The first kappa shape index (κ1) is 8.64. The predicted octanol–water partition coefficient (Wildman–Crippen LogP) is 1.97. The molecule has 0 aromatic heterocycles. The maximum absolute atomic E-state index is 12.7. The second-order valence-electron chi connectivity index (χ2n) is 2.37. The van der Waals surface area contributed by atoms with Crippen molar-refractivity contribution in [1.29, 1.82) is 0 Å². The summed E-state index contributed by atoms with van der Waals surface area (Å²) in [6, 6.07) is 1.45. The van der Waals surface area contributed by atoms with E-state index < -0.39 is 17.6 Å². The highest BCUT2D eigenvalue weighted by Crippen LogP contribution is 2.14. The minimum atomic E-state index is -1.33. The SMILES string of the molecule is Cc1c(F)cc(F)cc1C(=O)O. The zero-order valence-corrected chi connectivity index (χ0v) is 6.27. The Morgan fingerprint density at radius 3 is 2.50 bits per heavy atom. The van der Waals surface area contributed by atoms with Crippen molar-refractivity contribution in [2.45, 2.75) is 6.92 Å². The Morgan fingerprint density at radius 2 is 2.00 bits per heavy atom. The fourth-order valence-corrected chi connectivity index (χ4v) is 0.868. The number of aromatic carboxylic acids is 1. The van der Waals surface area contributed by atoms with Gasteiger partial charge in [-0.05, 0) is 18.6 Å². The number of halogens is 2. The van der Waals surface area contributed by atoms with Crippen LogP contribution < -0.4 is 0 Å². The van der Waals surface area contributed by atoms with E-state index in [0.29, 0.717) is 6.07 Å². The molecular weight excluding hydrogens is 166 g/mol. The normalized spacial score (nSPS) is 9.92. The lowest BCUT2D eigenvalue weighted by Crippen LogP contribution is -2.02. The van der Waals surface area contributed by atoms with Gasteiger partial charge in [-0.2, -0.15) is 0 Å². The van der Waals surface area contributed by atoms with E-state index in [9.17, 15) is 13.6 Å². The number of hydrogen-bond donors (Lipinski definition) is 1. The van der Waals surface area contributed by atoms with Gasteiger partial charge < -0.3 is 5.11 Å². The van der Waals surface area contributed by atoms with E-state index in [-0.39, 0.29) is 11.1 Å². The molecule has 2 nitrogen and oxygen atoms in total. The summed E-state index contributed by atoms with van der Waals surface area (Å²) in [5, 5.41) is 8.48. The zero-order chi connectivity index (χ0) is 9.30. The molecule has 0 saturated carbocycles. The summed E-state index contributed by atoms with van der Waals surface area (Å²) in [5.74, 6) is -3.05. The Kier molecular flexibility index (Phi) is 2.08. The van der Waals surface area contributed by atoms with Crippen molar-refractivity contribution in [2.75, 3.05) is 0 Å². The lowest BCUT2D eigenvalue weighted by atomic mass is 10.1. The molecule has 0 radical (unpaired) electrons. The molecular formula is C8H6F2O2. The molecule has 0 aliphatic heterocycles. The second-order valence-corrected chi connectivity index (χ2v) is 2.37. The Bertz CT molecular complexity index is 334. The third kappa shape index (κ3) is 1.42. The van der Waals surface area contributed by atoms with Crippen LogP contribution in [-0.4, -0.2) is 11.1 Å². The van der Waals surface area contributed by atoms with Crippen LogP contribution >= 0.6 is 0 Å². The molecule has 0 heterocycles. The average Bonchev–Trinajstić information content (AvgIpc) is 1.96. The summed E-state index contributed by atoms with van der Waals surface area (Å²) in [4.78, 5) is 10.4. The third-order valence-corrected chi connectivity index (χ3v) is 1.54. The standard InChI is InChI=1S/C8H6F2O2/c1-4-6(8(11)12)2-5(9)3-7(4)10/h2-3H,1H3,(H,11,12). The van der Waals surface area contributed by atoms with Crippen molar-refractivity contribution >= 4 is 5.97 Å². The summed E-state index contributed by atoms with van der Waals surface area (Å²) >= 11 is 0. The number of carbonyl (C=O) groups is 1. The van der Waals surface area contributed by atoms with Gasteiger partial charge in [0.15, 0.2) is 0 Å². The molecule has 1 N–H and O–H groups in total. The summed E-state index contributed by atoms with van der Waals surface area (Å²) < 4.78 is 25.2. The Morgan fingerprint density at radius 1 is 1.42 bits per heavy atom. The van der Waals surface area contributed by atoms with Crippen LogP contribution in [0.3, 0.4) is 0 Å². The molecule has 0 bridgehead atoms. The average molecular weight is 172 g/mol. The molecule has 4 heteroatoms. The molecule has 0 spiro atoms. The summed E-state index contributed by atoms with van der Waals surface area (Å²) in [5.41, 5.74) is -0.392. The number of hydrogen-bond acceptors (Lipinski definition) is 1. The quantitative estimate of drug-likeness (QED) is 0.703. The summed E-state index contributed by atoms with van der Waals surface area (Å²) in [6.45, 7) is 1.29. The van der Waals surface area contributed by atoms with Gasteiger partial charge in [-0.3, -0.25) is 0 Å². The van der Waals surface area contributed by atoms with Gasteiger partial charge in [0.25, 0.3) is 0 Å². The maximum atomic E-state index is 12.7. The summed E-state index contributed by atoms with van der Waals surface area (Å²) in [7, 11) is 0. The Balaban J connectivity index is 3.37. The van der Waals surface area contributed by atoms with E-state index in [1.165, 1.54) is 6.92 Å². The highest BCUT2D eigenvalue weighted by atomic mass is 19.1. The van der Waals surface area contributed by atoms with E-state index >= 15 is 0 Å². The monoisotopic (exact) mass is 172 g/mol. The van der Waals surface area contributed by atoms with Gasteiger partial charge in [0.1, 0.15) is 11.6 Å². The van der Waals surface area contributed by atoms with E-state index in [1.54, 1.807) is 0 Å². The lowest BCUT2D eigenvalue weighted by Gasteiger charge is -2.01. The van der Waals surface area contributed by atoms with Crippen molar-refractivity contribution < 1.29 is 18.7 Å². The van der Waals surface area contributed by atoms with Crippen molar-refractivity contribution in [3.63, 3.8) is 0 Å². The molecule has 0 unspecified atom stereocenters. The first-order chi connectivity index (χ1) is 5.52. The zero-order valence-electron chi connectivity index (χ0n) is 6.27. The number of rotatable bonds is 1. The topological polar surface area (TPSA) is 37.3 Å². The lowest BCUT2D eigenvalue weighted by molar-refractivity contribution is 0.0695. The first-order valence-corrected chi connectivity index (χ1v) is 3.21. The predicted molar refractivity (Wildman–Crippen MR) is 38.1 cm³/mol. The number of benzene rings is 1. The molecule has 0 amide bonds. The van der Waals surface area contributed by atoms with Gasteiger partial charge in [-0.25, -0.2) is 13.6 Å². The molecule has 0 aliphatic carbocycles. The molecule has 1 rings (SSSR count). The molecule has 0 fully saturated rings. The van der Waals surface area contributed by atoms with Gasteiger partial charge in [-0.1, -0.05) is 0 Å². The molecule has 64 valence electrons. The van der Waals surface area contributed by atoms with Gasteiger partial charge in [-0.15, -0.1) is 0 Å². The van der Waals surface area contributed by atoms with E-state index in [1.807, 2.05) is 0 Å². The summed E-state index contributed by atoms with van der Waals surface area (Å²) in [6.07, 6.45) is 0. The van der Waals surface area contributed by atoms with Gasteiger partial charge in [0, 0.05) is 6.07 Å². The van der Waals surface area contributed by atoms with E-state index in [4.69, 9.17) is 5.11 Å². The molecule has 0 aliphatic rings. The van der Waals surface area contributed by atoms with Gasteiger partial charge in [0.05, 0.1) is 5.56 Å². The van der Waals surface area contributed by atoms with E-state index in [2.05, 4.69) is 0 Å². The molecule has 12 heavy (non-hydrogen) atoms. The number of carboxylic acids is 1. The second kappa shape index (κ2) is 2.89. The highest BCUT2D eigenvalue weighted by Gasteiger charge is 2.12. The smallest absolute Gasteiger partial charge is 0.336 e. The minimum absolute atomic E-state index is 0.0519. The number of carboxylic acid groups (broad SMARTS) is 1. The van der Waals surface area contributed by atoms with Crippen LogP contribution in [0.2, 0.25) is 0 Å².